The van der Waals surface area contributed by atoms with Crippen molar-refractivity contribution in [3.8, 4) is 0 Å². The number of hydrogen-bond donors (Lipinski definition) is 1. The van der Waals surface area contributed by atoms with Gasteiger partial charge in [-0.1, -0.05) is 19.8 Å². The molecule has 0 bridgehead atoms. The summed E-state index contributed by atoms with van der Waals surface area (Å²) in [6, 6.07) is 0. The van der Waals surface area contributed by atoms with Crippen LogP contribution in [-0.4, -0.2) is 23.3 Å². The van der Waals surface area contributed by atoms with Crippen molar-refractivity contribution in [2.24, 2.45) is 0 Å². The summed E-state index contributed by atoms with van der Waals surface area (Å²) in [5.41, 5.74) is 0. The van der Waals surface area contributed by atoms with Crippen molar-refractivity contribution in [2.45, 2.75) is 51.2 Å². The summed E-state index contributed by atoms with van der Waals surface area (Å²) in [5, 5.41) is 9.52. The fourth-order valence-corrected chi connectivity index (χ4v) is 1.42. The van der Waals surface area contributed by atoms with Gasteiger partial charge in [0, 0.05) is 6.42 Å². The van der Waals surface area contributed by atoms with E-state index in [1.807, 2.05) is 0 Å². The Kier molecular flexibility index (Phi) is 3.53. The van der Waals surface area contributed by atoms with Gasteiger partial charge >= 0.3 is 5.97 Å². The molecule has 1 saturated heterocycles. The maximum Gasteiger partial charge on any atom is 0.306 e. The van der Waals surface area contributed by atoms with E-state index in [2.05, 4.69) is 6.92 Å². The van der Waals surface area contributed by atoms with Crippen LogP contribution < -0.4 is 0 Å². The van der Waals surface area contributed by atoms with Crippen LogP contribution >= 0.6 is 0 Å². The molecule has 0 aromatic carbocycles. The molecule has 0 unspecified atom stereocenters. The summed E-state index contributed by atoms with van der Waals surface area (Å²) < 4.78 is 4.93. The van der Waals surface area contributed by atoms with E-state index in [0.29, 0.717) is 12.8 Å². The zero-order chi connectivity index (χ0) is 8.97. The summed E-state index contributed by atoms with van der Waals surface area (Å²) in [6.45, 7) is 2.08. The van der Waals surface area contributed by atoms with Crippen LogP contribution in [0, 0.1) is 0 Å². The van der Waals surface area contributed by atoms with Crippen molar-refractivity contribution in [1.29, 1.82) is 0 Å². The Morgan fingerprint density at radius 2 is 2.50 bits per heavy atom. The average molecular weight is 172 g/mol. The lowest BCUT2D eigenvalue weighted by Crippen LogP contribution is -2.25. The lowest BCUT2D eigenvalue weighted by molar-refractivity contribution is -0.145. The fourth-order valence-electron chi connectivity index (χ4n) is 1.42. The number of carbonyl (C=O) groups excluding carboxylic acids is 1. The molecule has 0 saturated carbocycles. The largest absolute Gasteiger partial charge is 0.460 e. The van der Waals surface area contributed by atoms with Crippen LogP contribution in [0.25, 0.3) is 0 Å². The van der Waals surface area contributed by atoms with Crippen LogP contribution in [0.5, 0.6) is 0 Å². The minimum atomic E-state index is -0.448. The molecule has 0 spiro atoms. The topological polar surface area (TPSA) is 46.5 Å². The second-order valence-electron chi connectivity index (χ2n) is 3.28. The Morgan fingerprint density at radius 1 is 1.75 bits per heavy atom. The molecule has 0 aromatic heterocycles. The summed E-state index contributed by atoms with van der Waals surface area (Å²) in [7, 11) is 0. The number of aliphatic hydroxyl groups excluding tert-OH is 1. The van der Waals surface area contributed by atoms with Gasteiger partial charge in [0.15, 0.2) is 0 Å². The Hall–Kier alpha value is -0.570. The number of cyclic esters (lactones) is 1. The minimum absolute atomic E-state index is 0.171. The molecule has 1 aliphatic rings. The molecule has 0 aromatic rings. The summed E-state index contributed by atoms with van der Waals surface area (Å²) in [6.07, 6.45) is 3.28. The van der Waals surface area contributed by atoms with Crippen molar-refractivity contribution >= 4 is 5.97 Å². The maximum absolute atomic E-state index is 10.7. The lowest BCUT2D eigenvalue weighted by atomic mass is 10.1. The summed E-state index contributed by atoms with van der Waals surface area (Å²) >= 11 is 0. The van der Waals surface area contributed by atoms with Gasteiger partial charge < -0.3 is 9.84 Å². The third-order valence-corrected chi connectivity index (χ3v) is 2.20. The molecule has 0 amide bonds. The zero-order valence-corrected chi connectivity index (χ0v) is 7.45. The fraction of sp³-hybridized carbons (Fsp3) is 0.889. The van der Waals surface area contributed by atoms with Gasteiger partial charge in [-0.2, -0.15) is 0 Å². The minimum Gasteiger partial charge on any atom is -0.460 e. The van der Waals surface area contributed by atoms with Gasteiger partial charge in [0.2, 0.25) is 0 Å². The predicted octanol–water partition coefficient (Wildman–Crippen LogP) is 1.24. The number of esters is 1. The number of hydrogen-bond acceptors (Lipinski definition) is 3. The van der Waals surface area contributed by atoms with Crippen molar-refractivity contribution in [1.82, 2.24) is 0 Å². The second kappa shape index (κ2) is 4.45. The molecule has 3 nitrogen and oxygen atoms in total. The molecule has 1 rings (SSSR count). The molecule has 1 fully saturated rings. The molecule has 2 atom stereocenters. The summed E-state index contributed by atoms with van der Waals surface area (Å²) in [5.74, 6) is -0.171. The van der Waals surface area contributed by atoms with Crippen LogP contribution in [0.3, 0.4) is 0 Å². The highest BCUT2D eigenvalue weighted by Crippen LogP contribution is 2.19. The highest BCUT2D eigenvalue weighted by molar-refractivity contribution is 5.71. The molecule has 0 aliphatic carbocycles. The molecule has 12 heavy (non-hydrogen) atoms. The molecular weight excluding hydrogens is 156 g/mol. The number of aliphatic hydroxyl groups is 1. The molecule has 1 heterocycles. The first kappa shape index (κ1) is 9.52. The molecule has 70 valence electrons. The number of unbranched alkanes of at least 4 members (excludes halogenated alkanes) is 1. The van der Waals surface area contributed by atoms with Crippen molar-refractivity contribution < 1.29 is 14.6 Å². The van der Waals surface area contributed by atoms with Gasteiger partial charge in [-0.3, -0.25) is 4.79 Å². The highest BCUT2D eigenvalue weighted by Gasteiger charge is 2.29. The standard InChI is InChI=1S/C9H16O3/c1-2-3-4-7(10)8-5-6-9(11)12-8/h7-8,10H,2-6H2,1H3/t7-,8-/m1/s1. The van der Waals surface area contributed by atoms with E-state index in [1.165, 1.54) is 0 Å². The third kappa shape index (κ3) is 2.48. The first-order valence-electron chi connectivity index (χ1n) is 4.61. The van der Waals surface area contributed by atoms with E-state index in [1.54, 1.807) is 0 Å². The van der Waals surface area contributed by atoms with E-state index < -0.39 is 6.10 Å². The van der Waals surface area contributed by atoms with E-state index in [4.69, 9.17) is 4.74 Å². The number of rotatable bonds is 4. The third-order valence-electron chi connectivity index (χ3n) is 2.20. The maximum atomic E-state index is 10.7. The molecule has 1 N–H and O–H groups in total. The Morgan fingerprint density at radius 3 is 3.00 bits per heavy atom. The quantitative estimate of drug-likeness (QED) is 0.649. The smallest absolute Gasteiger partial charge is 0.306 e. The van der Waals surface area contributed by atoms with E-state index in [-0.39, 0.29) is 12.1 Å². The Balaban J connectivity index is 2.23. The number of ether oxygens (including phenoxy) is 1. The van der Waals surface area contributed by atoms with Crippen LogP contribution in [0.1, 0.15) is 39.0 Å². The first-order chi connectivity index (χ1) is 5.74. The van der Waals surface area contributed by atoms with Crippen LogP contribution in [-0.2, 0) is 9.53 Å². The Bertz CT molecular complexity index is 156. The molecular formula is C9H16O3. The van der Waals surface area contributed by atoms with Crippen LogP contribution in [0.4, 0.5) is 0 Å². The summed E-state index contributed by atoms with van der Waals surface area (Å²) in [4.78, 5) is 10.7. The van der Waals surface area contributed by atoms with Gasteiger partial charge in [-0.05, 0) is 12.8 Å². The predicted molar refractivity (Wildman–Crippen MR) is 44.6 cm³/mol. The van der Waals surface area contributed by atoms with E-state index >= 15 is 0 Å². The normalized spacial score (nSPS) is 25.5. The second-order valence-corrected chi connectivity index (χ2v) is 3.28. The van der Waals surface area contributed by atoms with Gasteiger partial charge in [0.1, 0.15) is 6.10 Å². The van der Waals surface area contributed by atoms with Gasteiger partial charge in [-0.15, -0.1) is 0 Å². The molecule has 0 radical (unpaired) electrons. The molecule has 3 heteroatoms. The van der Waals surface area contributed by atoms with Gasteiger partial charge in [-0.25, -0.2) is 0 Å². The van der Waals surface area contributed by atoms with Crippen molar-refractivity contribution in [3.05, 3.63) is 0 Å². The van der Waals surface area contributed by atoms with E-state index in [0.717, 1.165) is 19.3 Å². The van der Waals surface area contributed by atoms with Gasteiger partial charge in [0.05, 0.1) is 6.10 Å². The van der Waals surface area contributed by atoms with Crippen molar-refractivity contribution in [3.63, 3.8) is 0 Å². The first-order valence-corrected chi connectivity index (χ1v) is 4.61. The molecule has 1 aliphatic heterocycles. The van der Waals surface area contributed by atoms with Crippen molar-refractivity contribution in [2.75, 3.05) is 0 Å². The lowest BCUT2D eigenvalue weighted by Gasteiger charge is -2.15. The van der Waals surface area contributed by atoms with Crippen LogP contribution in [0.2, 0.25) is 0 Å². The SMILES string of the molecule is CCCC[C@@H](O)[C@H]1CCC(=O)O1. The van der Waals surface area contributed by atoms with Gasteiger partial charge in [0.25, 0.3) is 0 Å². The van der Waals surface area contributed by atoms with E-state index in [9.17, 15) is 9.90 Å². The monoisotopic (exact) mass is 172 g/mol. The van der Waals surface area contributed by atoms with Crippen LogP contribution in [0.15, 0.2) is 0 Å². The zero-order valence-electron chi connectivity index (χ0n) is 7.45. The Labute approximate surface area is 72.7 Å². The number of carbonyl (C=O) groups is 1. The highest BCUT2D eigenvalue weighted by atomic mass is 16.6. The average Bonchev–Trinajstić information content (AvgIpc) is 2.47.